The number of allylic oxidation sites excluding steroid dienone is 1. The number of carbonyl (C=O) groups excluding carboxylic acids is 1. The normalized spacial score (nSPS) is 11.5. The zero-order valence-electron chi connectivity index (χ0n) is 57.9. The van der Waals surface area contributed by atoms with Crippen LogP contribution in [0, 0.1) is 32.4 Å². The molecular formula is C73H101F2N19O7. The molecule has 0 saturated heterocycles. The predicted octanol–water partition coefficient (Wildman–Crippen LogP) is 14.3. The number of Topliss-reactive ketones (excluding diaryl/α,β-unsaturated/α-hetero) is 1. The molecule has 101 heavy (non-hydrogen) atoms. The zero-order valence-corrected chi connectivity index (χ0v) is 57.9. The topological polar surface area (TPSA) is 315 Å². The summed E-state index contributed by atoms with van der Waals surface area (Å²) in [6.45, 7) is 33.9. The maximum Gasteiger partial charge on any atom is 0.278 e. The van der Waals surface area contributed by atoms with Crippen LogP contribution in [0.5, 0.6) is 0 Å². The van der Waals surface area contributed by atoms with E-state index in [1.165, 1.54) is 23.2 Å². The largest absolute Gasteiger partial charge is 0.345 e. The van der Waals surface area contributed by atoms with Crippen LogP contribution in [-0.4, -0.2) is 98.1 Å². The first-order valence-electron chi connectivity index (χ1n) is 32.0. The second kappa shape index (κ2) is 34.7. The highest BCUT2D eigenvalue weighted by Gasteiger charge is 2.22. The molecule has 0 unspecified atom stereocenters. The summed E-state index contributed by atoms with van der Waals surface area (Å²) < 4.78 is 41.5. The number of fused-ring (bicyclic) bond motifs is 7. The van der Waals surface area contributed by atoms with Crippen molar-refractivity contribution in [3.8, 4) is 0 Å². The van der Waals surface area contributed by atoms with Gasteiger partial charge in [0.2, 0.25) is 0 Å². The molecule has 0 spiro atoms. The molecular weight excluding hydrogens is 1290 g/mol. The maximum atomic E-state index is 13.6. The number of ketones is 1. The summed E-state index contributed by atoms with van der Waals surface area (Å²) in [7, 11) is 1.62. The van der Waals surface area contributed by atoms with Crippen molar-refractivity contribution in [1.29, 1.82) is 0 Å². The van der Waals surface area contributed by atoms with Crippen LogP contribution in [-0.2, 0) is 7.05 Å². The van der Waals surface area contributed by atoms with Gasteiger partial charge in [-0.1, -0.05) is 46.2 Å². The first-order valence-corrected chi connectivity index (χ1v) is 32.0. The van der Waals surface area contributed by atoms with E-state index in [1.54, 1.807) is 62.7 Å². The molecule has 14 rings (SSSR count). The molecule has 0 amide bonds. The number of aromatic nitrogens is 19. The Balaban J connectivity index is 0.000000248. The van der Waals surface area contributed by atoms with Crippen molar-refractivity contribution in [3.63, 3.8) is 0 Å². The van der Waals surface area contributed by atoms with Gasteiger partial charge in [-0.25, -0.2) is 28.1 Å². The van der Waals surface area contributed by atoms with Gasteiger partial charge < -0.3 is 52.3 Å². The average molecular weight is 1390 g/mol. The lowest BCUT2D eigenvalue weighted by molar-refractivity contribution is 0.0989. The Labute approximate surface area is 584 Å². The minimum Gasteiger partial charge on any atom is -0.345 e. The fourth-order valence-electron chi connectivity index (χ4n) is 10.9. The molecule has 13 aromatic heterocycles. The Kier molecular flexibility index (Phi) is 28.4. The number of rotatable bonds is 7. The van der Waals surface area contributed by atoms with Gasteiger partial charge in [-0.15, -0.1) is 10.2 Å². The number of hydrogen-bond donors (Lipinski definition) is 5. The van der Waals surface area contributed by atoms with Crippen molar-refractivity contribution in [2.75, 3.05) is 0 Å². The fourth-order valence-corrected chi connectivity index (χ4v) is 10.9. The lowest BCUT2D eigenvalue weighted by Crippen LogP contribution is -2.16. The van der Waals surface area contributed by atoms with E-state index in [0.29, 0.717) is 57.8 Å². The third-order valence-corrected chi connectivity index (χ3v) is 15.7. The molecule has 1 aliphatic rings. The Hall–Kier alpha value is -10.9. The minimum absolute atomic E-state index is 0. The van der Waals surface area contributed by atoms with Gasteiger partial charge in [0, 0.05) is 110 Å². The summed E-state index contributed by atoms with van der Waals surface area (Å²) in [6.07, 6.45) is 17.2. The van der Waals surface area contributed by atoms with Crippen LogP contribution in [0.25, 0.3) is 71.9 Å². The van der Waals surface area contributed by atoms with Crippen molar-refractivity contribution in [2.45, 2.75) is 196 Å². The molecule has 544 valence electrons. The number of imidazole rings is 2. The van der Waals surface area contributed by atoms with Crippen LogP contribution in [0.1, 0.15) is 209 Å². The fraction of sp³-hybridized carbons (Fsp3) is 0.411. The quantitative estimate of drug-likeness (QED) is 0.0992. The average Bonchev–Trinajstić information content (AvgIpc) is 1.68. The second-order valence-corrected chi connectivity index (χ2v) is 25.5. The van der Waals surface area contributed by atoms with Gasteiger partial charge in [0.1, 0.15) is 10.8 Å². The smallest absolute Gasteiger partial charge is 0.278 e. The molecule has 0 fully saturated rings. The van der Waals surface area contributed by atoms with Gasteiger partial charge >= 0.3 is 0 Å². The molecule has 28 heteroatoms. The van der Waals surface area contributed by atoms with Gasteiger partial charge in [0.15, 0.2) is 39.7 Å². The highest BCUT2D eigenvalue weighted by molar-refractivity contribution is 6.00. The molecule has 13 aromatic rings. The zero-order chi connectivity index (χ0) is 71.2. The lowest BCUT2D eigenvalue weighted by atomic mass is 10.1. The van der Waals surface area contributed by atoms with E-state index < -0.39 is 11.6 Å². The predicted molar refractivity (Wildman–Crippen MR) is 403 cm³/mol. The Morgan fingerprint density at radius 2 is 0.901 bits per heavy atom. The SMILES string of the molecule is C.C.C.C.CC(C)n1cc(F)c2c(=O)[nH]ccc21.CC(C)n1cc(F)c2c(=O)n(C)ccc21.CC(C)n1cnc2c(=O)[nH]ccc21.CC(C)n1nnc2c1C=CCC2=O.Cc1cc2c(ccn2C(C)C)c(=O)[nH]1.Cc1cc2c(ncn2C(C)C)c(=O)[nH]1.Cc1cc2c(nnn2C(C)C)c(=O)[nH]1. The molecule has 1 aliphatic carbocycles. The van der Waals surface area contributed by atoms with Crippen LogP contribution in [0.15, 0.2) is 127 Å². The number of pyridine rings is 6. The number of halogens is 2. The number of carbonyl (C=O) groups is 1. The second-order valence-electron chi connectivity index (χ2n) is 25.5. The van der Waals surface area contributed by atoms with Crippen molar-refractivity contribution < 1.29 is 13.6 Å². The third kappa shape index (κ3) is 18.1. The maximum absolute atomic E-state index is 13.6. The Bertz CT molecular complexity index is 5140. The molecule has 0 bridgehead atoms. The molecule has 5 N–H and O–H groups in total. The summed E-state index contributed by atoms with van der Waals surface area (Å²) in [5.74, 6) is -0.847. The summed E-state index contributed by atoms with van der Waals surface area (Å²) in [4.78, 5) is 102. The van der Waals surface area contributed by atoms with E-state index in [9.17, 15) is 42.3 Å². The molecule has 0 saturated carbocycles. The summed E-state index contributed by atoms with van der Waals surface area (Å²) in [5, 5.41) is 16.7. The van der Waals surface area contributed by atoms with Crippen molar-refractivity contribution in [1.82, 2.24) is 92.3 Å². The van der Waals surface area contributed by atoms with Crippen LogP contribution in [0.3, 0.4) is 0 Å². The van der Waals surface area contributed by atoms with E-state index in [4.69, 9.17) is 0 Å². The van der Waals surface area contributed by atoms with Gasteiger partial charge in [-0.3, -0.25) is 33.6 Å². The Morgan fingerprint density at radius 3 is 1.45 bits per heavy atom. The van der Waals surface area contributed by atoms with Gasteiger partial charge in [0.25, 0.3) is 33.4 Å². The third-order valence-electron chi connectivity index (χ3n) is 15.7. The Morgan fingerprint density at radius 1 is 0.446 bits per heavy atom. The lowest BCUT2D eigenvalue weighted by Gasteiger charge is -2.08. The monoisotopic (exact) mass is 1390 g/mol. The first-order chi connectivity index (χ1) is 45.8. The number of nitrogens with zero attached hydrogens (tertiary/aromatic N) is 14. The van der Waals surface area contributed by atoms with E-state index in [0.717, 1.165) is 50.2 Å². The number of hydrogen-bond acceptors (Lipinski definition) is 13. The van der Waals surface area contributed by atoms with Gasteiger partial charge in [-0.2, -0.15) is 0 Å². The van der Waals surface area contributed by atoms with E-state index in [1.807, 2.05) is 134 Å². The van der Waals surface area contributed by atoms with Crippen LogP contribution < -0.4 is 33.4 Å². The van der Waals surface area contributed by atoms with Crippen molar-refractivity contribution >= 4 is 77.7 Å². The summed E-state index contributed by atoms with van der Waals surface area (Å²) in [6, 6.07) is 14.8. The number of aromatic amines is 5. The number of aryl methyl sites for hydroxylation is 4. The highest BCUT2D eigenvalue weighted by atomic mass is 19.1. The number of nitrogens with one attached hydrogen (secondary N) is 5. The summed E-state index contributed by atoms with van der Waals surface area (Å²) in [5.41, 5.74) is 9.20. The summed E-state index contributed by atoms with van der Waals surface area (Å²) >= 11 is 0. The van der Waals surface area contributed by atoms with Crippen LogP contribution >= 0.6 is 0 Å². The van der Waals surface area contributed by atoms with Crippen LogP contribution in [0.4, 0.5) is 8.78 Å². The minimum atomic E-state index is -0.462. The molecule has 0 radical (unpaired) electrons. The molecule has 0 aromatic carbocycles. The molecule has 13 heterocycles. The highest BCUT2D eigenvalue weighted by Crippen LogP contribution is 2.24. The van der Waals surface area contributed by atoms with Crippen molar-refractivity contribution in [2.24, 2.45) is 7.05 Å². The first kappa shape index (κ1) is 82.5. The van der Waals surface area contributed by atoms with Gasteiger partial charge in [-0.05, 0) is 166 Å². The number of H-pyrrole nitrogens is 5. The molecule has 0 atom stereocenters. The van der Waals surface area contributed by atoms with E-state index in [2.05, 4.69) is 102 Å². The molecule has 0 aliphatic heterocycles. The van der Waals surface area contributed by atoms with Crippen molar-refractivity contribution in [3.05, 3.63) is 201 Å². The molecule has 26 nitrogen and oxygen atoms in total. The van der Waals surface area contributed by atoms with Crippen LogP contribution in [0.2, 0.25) is 0 Å². The van der Waals surface area contributed by atoms with Gasteiger partial charge in [0.05, 0.1) is 56.8 Å². The van der Waals surface area contributed by atoms with E-state index >= 15 is 0 Å². The standard InChI is InChI=1S/C11H13FN2O.C11H14N2O.C10H11FN2O.C10H13N3O.C9H12N4O.2C9H11N3O.4CH4/c1-7(2)14-6-8(12)10-9(14)4-5-13(3)11(10)15;1-7(2)13-5-4-9-10(13)6-8(3)12-11(9)14;1-6(2)13-5-7(11)9-8(13)3-4-12-10(9)14;1-6(2)13-5-11-9-8(13)4-7(3)12-10(9)14;1-5(2)13-7-4-6(3)10-9(14)8(7)11-12-13;1-6(2)12-5-11-8-7(12)3-4-10-9(8)13;1-6(2)12-7-4-3-5-8(13)9(7)10-11-12;;;;/h4-7H,1-3H3;4-7H,1-3H3,(H,12,14);3-6H,1-2H3,(H,12,14);4-6H,1-3H3,(H,12,14);4-5H,1-3H3,(H,10,14);3-6H,1-2H3,(H,10,13);3-4,6H,5H2,1-2H3;4*1H4. The van der Waals surface area contributed by atoms with E-state index in [-0.39, 0.29) is 104 Å².